The highest BCUT2D eigenvalue weighted by Crippen LogP contribution is 2.31. The van der Waals surface area contributed by atoms with E-state index >= 15 is 0 Å². The van der Waals surface area contributed by atoms with Gasteiger partial charge in [-0.05, 0) is 49.8 Å². The van der Waals surface area contributed by atoms with Crippen molar-refractivity contribution in [3.63, 3.8) is 0 Å². The van der Waals surface area contributed by atoms with Gasteiger partial charge in [-0.3, -0.25) is 0 Å². The zero-order valence-corrected chi connectivity index (χ0v) is 12.3. The molecule has 1 aliphatic carbocycles. The molecule has 0 spiro atoms. The maximum Gasteiger partial charge on any atom is 0.240 e. The van der Waals surface area contributed by atoms with Crippen LogP contribution in [0.25, 0.3) is 0 Å². The van der Waals surface area contributed by atoms with E-state index in [1.807, 2.05) is 0 Å². The van der Waals surface area contributed by atoms with E-state index in [1.165, 1.54) is 18.2 Å². The third-order valence-corrected chi connectivity index (χ3v) is 5.30. The summed E-state index contributed by atoms with van der Waals surface area (Å²) >= 11 is 0. The van der Waals surface area contributed by atoms with Gasteiger partial charge in [-0.25, -0.2) is 17.5 Å². The van der Waals surface area contributed by atoms with Gasteiger partial charge in [0, 0.05) is 6.54 Å². The summed E-state index contributed by atoms with van der Waals surface area (Å²) in [6, 6.07) is 4.84. The molecule has 2 rings (SSSR count). The molecule has 0 radical (unpaired) electrons. The highest BCUT2D eigenvalue weighted by molar-refractivity contribution is 7.89. The minimum atomic E-state index is -3.78. The van der Waals surface area contributed by atoms with Gasteiger partial charge in [0.15, 0.2) is 0 Å². The summed E-state index contributed by atoms with van der Waals surface area (Å²) in [6.07, 6.45) is 2.94. The minimum absolute atomic E-state index is 0.0292. The Morgan fingerprint density at radius 2 is 2.05 bits per heavy atom. The Hall–Kier alpha value is -0.980. The van der Waals surface area contributed by atoms with Crippen LogP contribution < -0.4 is 4.72 Å². The van der Waals surface area contributed by atoms with Crippen LogP contribution >= 0.6 is 0 Å². The fraction of sp³-hybridized carbons (Fsp3) is 0.571. The minimum Gasteiger partial charge on any atom is -0.389 e. The molecule has 1 aromatic carbocycles. The lowest BCUT2D eigenvalue weighted by Gasteiger charge is -2.34. The fourth-order valence-corrected chi connectivity index (χ4v) is 3.57. The topological polar surface area (TPSA) is 66.4 Å². The van der Waals surface area contributed by atoms with Gasteiger partial charge >= 0.3 is 0 Å². The van der Waals surface area contributed by atoms with Crippen molar-refractivity contribution in [3.8, 4) is 0 Å². The molecule has 1 fully saturated rings. The van der Waals surface area contributed by atoms with Crippen molar-refractivity contribution < 1.29 is 17.9 Å². The molecule has 0 bridgehead atoms. The average Bonchev–Trinajstić information content (AvgIpc) is 2.41. The summed E-state index contributed by atoms with van der Waals surface area (Å²) in [4.78, 5) is -0.120. The summed E-state index contributed by atoms with van der Waals surface area (Å²) in [5.74, 6) is -0.0341. The Kier molecular flexibility index (Phi) is 4.46. The maximum absolute atomic E-state index is 13.1. The smallest absolute Gasteiger partial charge is 0.240 e. The van der Waals surface area contributed by atoms with Gasteiger partial charge in [0.2, 0.25) is 10.0 Å². The molecule has 112 valence electrons. The first-order chi connectivity index (χ1) is 9.31. The van der Waals surface area contributed by atoms with E-state index in [-0.39, 0.29) is 11.4 Å². The predicted molar refractivity (Wildman–Crippen MR) is 74.2 cm³/mol. The summed E-state index contributed by atoms with van der Waals surface area (Å²) < 4.78 is 39.5. The molecule has 0 atom stereocenters. The normalized spacial score (nSPS) is 27.4. The van der Waals surface area contributed by atoms with E-state index < -0.39 is 21.4 Å². The second-order valence-electron chi connectivity index (χ2n) is 5.69. The summed E-state index contributed by atoms with van der Waals surface area (Å²) in [7, 11) is -3.78. The van der Waals surface area contributed by atoms with Crippen LogP contribution in [0.1, 0.15) is 32.6 Å². The van der Waals surface area contributed by atoms with Gasteiger partial charge in [-0.1, -0.05) is 13.0 Å². The molecule has 1 saturated carbocycles. The Morgan fingerprint density at radius 3 is 2.65 bits per heavy atom. The fourth-order valence-electron chi connectivity index (χ4n) is 2.42. The molecule has 0 heterocycles. The number of nitrogens with one attached hydrogen (secondary N) is 1. The molecular weight excluding hydrogens is 281 g/mol. The van der Waals surface area contributed by atoms with Crippen molar-refractivity contribution in [2.24, 2.45) is 5.92 Å². The first-order valence-electron chi connectivity index (χ1n) is 6.78. The molecule has 0 unspecified atom stereocenters. The molecule has 4 nitrogen and oxygen atoms in total. The zero-order valence-electron chi connectivity index (χ0n) is 11.5. The lowest BCUT2D eigenvalue weighted by molar-refractivity contribution is -0.00182. The van der Waals surface area contributed by atoms with Crippen LogP contribution in [0.3, 0.4) is 0 Å². The maximum atomic E-state index is 13.1. The van der Waals surface area contributed by atoms with Crippen molar-refractivity contribution in [1.29, 1.82) is 0 Å². The Morgan fingerprint density at radius 1 is 1.40 bits per heavy atom. The molecular formula is C14H20FNO3S. The van der Waals surface area contributed by atoms with Gasteiger partial charge in [-0.2, -0.15) is 0 Å². The monoisotopic (exact) mass is 301 g/mol. The number of hydrogen-bond donors (Lipinski definition) is 2. The summed E-state index contributed by atoms with van der Waals surface area (Å²) in [6.45, 7) is 2.09. The highest BCUT2D eigenvalue weighted by atomic mass is 32.2. The number of aliphatic hydroxyl groups is 1. The number of sulfonamides is 1. The molecule has 6 heteroatoms. The molecule has 0 aliphatic heterocycles. The van der Waals surface area contributed by atoms with Crippen LogP contribution in [0.15, 0.2) is 29.2 Å². The van der Waals surface area contributed by atoms with E-state index in [1.54, 1.807) is 0 Å². The quantitative estimate of drug-likeness (QED) is 0.894. The van der Waals surface area contributed by atoms with E-state index in [2.05, 4.69) is 11.6 Å². The number of rotatable bonds is 4. The van der Waals surface area contributed by atoms with Gasteiger partial charge in [0.25, 0.3) is 0 Å². The van der Waals surface area contributed by atoms with Crippen LogP contribution in [0.5, 0.6) is 0 Å². The van der Waals surface area contributed by atoms with Crippen LogP contribution in [-0.4, -0.2) is 25.7 Å². The lowest BCUT2D eigenvalue weighted by Crippen LogP contribution is -2.45. The Balaban J connectivity index is 2.03. The zero-order chi connectivity index (χ0) is 14.8. The molecule has 1 aromatic rings. The molecule has 20 heavy (non-hydrogen) atoms. The van der Waals surface area contributed by atoms with Crippen molar-refractivity contribution >= 4 is 10.0 Å². The highest BCUT2D eigenvalue weighted by Gasteiger charge is 2.33. The van der Waals surface area contributed by atoms with Crippen LogP contribution in [-0.2, 0) is 10.0 Å². The van der Waals surface area contributed by atoms with Crippen molar-refractivity contribution in [1.82, 2.24) is 4.72 Å². The van der Waals surface area contributed by atoms with E-state index in [4.69, 9.17) is 0 Å². The SMILES string of the molecule is CC1CCC(O)(CNS(=O)(=O)c2cccc(F)c2)CC1. The third-order valence-electron chi connectivity index (χ3n) is 3.90. The second-order valence-corrected chi connectivity index (χ2v) is 7.46. The lowest BCUT2D eigenvalue weighted by atomic mass is 9.80. The average molecular weight is 301 g/mol. The molecule has 0 aromatic heterocycles. The van der Waals surface area contributed by atoms with Crippen molar-refractivity contribution in [3.05, 3.63) is 30.1 Å². The summed E-state index contributed by atoms with van der Waals surface area (Å²) in [5.41, 5.74) is -0.993. The predicted octanol–water partition coefficient (Wildman–Crippen LogP) is 2.05. The molecule has 0 amide bonds. The first kappa shape index (κ1) is 15.4. The van der Waals surface area contributed by atoms with Gasteiger partial charge in [-0.15, -0.1) is 0 Å². The van der Waals surface area contributed by atoms with Gasteiger partial charge in [0.1, 0.15) is 5.82 Å². The van der Waals surface area contributed by atoms with Gasteiger partial charge < -0.3 is 5.11 Å². The third kappa shape index (κ3) is 3.77. The van der Waals surface area contributed by atoms with E-state index in [9.17, 15) is 17.9 Å². The first-order valence-corrected chi connectivity index (χ1v) is 8.27. The molecule has 0 saturated heterocycles. The second kappa shape index (κ2) is 5.79. The van der Waals surface area contributed by atoms with Crippen molar-refractivity contribution in [2.45, 2.75) is 43.1 Å². The number of halogens is 1. The number of hydrogen-bond acceptors (Lipinski definition) is 3. The molecule has 2 N–H and O–H groups in total. The van der Waals surface area contributed by atoms with E-state index in [0.717, 1.165) is 18.9 Å². The molecule has 1 aliphatic rings. The number of benzene rings is 1. The largest absolute Gasteiger partial charge is 0.389 e. The van der Waals surface area contributed by atoms with Gasteiger partial charge in [0.05, 0.1) is 10.5 Å². The van der Waals surface area contributed by atoms with E-state index in [0.29, 0.717) is 18.8 Å². The Bertz CT molecular complexity index is 566. The van der Waals surface area contributed by atoms with Crippen LogP contribution in [0, 0.1) is 11.7 Å². The van der Waals surface area contributed by atoms with Crippen LogP contribution in [0.4, 0.5) is 4.39 Å². The Labute approximate surface area is 119 Å². The summed E-state index contributed by atoms with van der Waals surface area (Å²) in [5, 5.41) is 10.4. The van der Waals surface area contributed by atoms with Crippen molar-refractivity contribution in [2.75, 3.05) is 6.54 Å². The standard InChI is InChI=1S/C14H20FNO3S/c1-11-5-7-14(17,8-6-11)10-16-20(18,19)13-4-2-3-12(15)9-13/h2-4,9,11,16-17H,5-8,10H2,1H3. The van der Waals surface area contributed by atoms with Crippen LogP contribution in [0.2, 0.25) is 0 Å².